The summed E-state index contributed by atoms with van der Waals surface area (Å²) < 4.78 is 4.81. The molecule has 4 heteroatoms. The number of carbonyl (C=O) groups excluding carboxylic acids is 1. The molecule has 12 heavy (non-hydrogen) atoms. The Morgan fingerprint density at radius 3 is 2.92 bits per heavy atom. The molecule has 1 amide bonds. The van der Waals surface area contributed by atoms with Gasteiger partial charge in [-0.3, -0.25) is 4.79 Å². The highest BCUT2D eigenvalue weighted by Gasteiger charge is 2.08. The standard InChI is InChI=1S/C8H13NO3/c1-3-8(11)9-7(4-5-10)6-12-2/h1,7,10H,4-6H2,2H3,(H,9,11). The number of aliphatic hydroxyl groups excluding tert-OH is 1. The van der Waals surface area contributed by atoms with Crippen LogP contribution in [0, 0.1) is 12.3 Å². The van der Waals surface area contributed by atoms with Crippen LogP contribution in [0.25, 0.3) is 0 Å². The third-order valence-corrected chi connectivity index (χ3v) is 1.31. The number of ether oxygens (including phenoxy) is 1. The molecule has 0 spiro atoms. The molecular weight excluding hydrogens is 158 g/mol. The number of methoxy groups -OCH3 is 1. The van der Waals surface area contributed by atoms with Crippen LogP contribution in [-0.4, -0.2) is 37.4 Å². The second-order valence-electron chi connectivity index (χ2n) is 2.28. The molecule has 0 aromatic heterocycles. The minimum absolute atomic E-state index is 0.00111. The Hall–Kier alpha value is -1.05. The third-order valence-electron chi connectivity index (χ3n) is 1.31. The molecule has 0 aromatic carbocycles. The lowest BCUT2D eigenvalue weighted by atomic mass is 10.2. The van der Waals surface area contributed by atoms with Crippen molar-refractivity contribution in [3.05, 3.63) is 0 Å². The summed E-state index contributed by atoms with van der Waals surface area (Å²) in [6, 6.07) is -0.205. The van der Waals surface area contributed by atoms with E-state index in [1.165, 1.54) is 7.11 Å². The lowest BCUT2D eigenvalue weighted by Gasteiger charge is -2.14. The van der Waals surface area contributed by atoms with E-state index in [9.17, 15) is 4.79 Å². The van der Waals surface area contributed by atoms with Crippen LogP contribution in [0.15, 0.2) is 0 Å². The maximum absolute atomic E-state index is 10.7. The average molecular weight is 171 g/mol. The highest BCUT2D eigenvalue weighted by Crippen LogP contribution is 1.90. The van der Waals surface area contributed by atoms with Gasteiger partial charge in [0.25, 0.3) is 5.91 Å². The summed E-state index contributed by atoms with van der Waals surface area (Å²) in [7, 11) is 1.52. The van der Waals surface area contributed by atoms with Gasteiger partial charge in [0.2, 0.25) is 0 Å². The molecule has 0 heterocycles. The monoisotopic (exact) mass is 171 g/mol. The van der Waals surface area contributed by atoms with Crippen molar-refractivity contribution in [1.82, 2.24) is 5.32 Å². The second kappa shape index (κ2) is 6.65. The zero-order valence-corrected chi connectivity index (χ0v) is 7.04. The number of hydrogen-bond acceptors (Lipinski definition) is 3. The van der Waals surface area contributed by atoms with Crippen molar-refractivity contribution in [3.63, 3.8) is 0 Å². The van der Waals surface area contributed by atoms with Crippen molar-refractivity contribution in [1.29, 1.82) is 0 Å². The van der Waals surface area contributed by atoms with Crippen molar-refractivity contribution in [2.24, 2.45) is 0 Å². The number of amides is 1. The quantitative estimate of drug-likeness (QED) is 0.529. The van der Waals surface area contributed by atoms with Crippen LogP contribution in [0.4, 0.5) is 0 Å². The molecule has 68 valence electrons. The zero-order valence-electron chi connectivity index (χ0n) is 7.04. The molecule has 0 aliphatic heterocycles. The van der Waals surface area contributed by atoms with Crippen LogP contribution in [0.2, 0.25) is 0 Å². The fourth-order valence-electron chi connectivity index (χ4n) is 0.781. The van der Waals surface area contributed by atoms with Gasteiger partial charge < -0.3 is 15.2 Å². The summed E-state index contributed by atoms with van der Waals surface area (Å²) in [5.74, 6) is 1.44. The van der Waals surface area contributed by atoms with Crippen molar-refractivity contribution < 1.29 is 14.6 Å². The molecule has 0 fully saturated rings. The number of hydrogen-bond donors (Lipinski definition) is 2. The first kappa shape index (κ1) is 11.0. The van der Waals surface area contributed by atoms with Crippen LogP contribution in [0.1, 0.15) is 6.42 Å². The molecule has 1 atom stereocenters. The third kappa shape index (κ3) is 4.72. The van der Waals surface area contributed by atoms with E-state index in [1.54, 1.807) is 0 Å². The van der Waals surface area contributed by atoms with Gasteiger partial charge in [0, 0.05) is 13.7 Å². The Balaban J connectivity index is 3.78. The first-order valence-corrected chi connectivity index (χ1v) is 3.61. The molecule has 0 aliphatic rings. The van der Waals surface area contributed by atoms with E-state index >= 15 is 0 Å². The van der Waals surface area contributed by atoms with Crippen LogP contribution in [0.3, 0.4) is 0 Å². The first-order chi connectivity index (χ1) is 5.74. The minimum atomic E-state index is -0.481. The molecule has 0 radical (unpaired) electrons. The van der Waals surface area contributed by atoms with Gasteiger partial charge in [-0.05, 0) is 12.3 Å². The van der Waals surface area contributed by atoms with Crippen LogP contribution < -0.4 is 5.32 Å². The predicted octanol–water partition coefficient (Wildman–Crippen LogP) is -0.867. The Bertz CT molecular complexity index is 168. The molecular formula is C8H13NO3. The van der Waals surface area contributed by atoms with Gasteiger partial charge in [0.15, 0.2) is 0 Å². The number of carbonyl (C=O) groups is 1. The van der Waals surface area contributed by atoms with Gasteiger partial charge in [0.05, 0.1) is 12.6 Å². The number of nitrogens with one attached hydrogen (secondary N) is 1. The van der Waals surface area contributed by atoms with Gasteiger partial charge in [-0.2, -0.15) is 0 Å². The Kier molecular flexibility index (Phi) is 6.07. The smallest absolute Gasteiger partial charge is 0.295 e. The van der Waals surface area contributed by atoms with Gasteiger partial charge in [-0.1, -0.05) is 0 Å². The highest BCUT2D eigenvalue weighted by molar-refractivity contribution is 5.92. The summed E-state index contributed by atoms with van der Waals surface area (Å²) in [5, 5.41) is 11.1. The highest BCUT2D eigenvalue weighted by atomic mass is 16.5. The van der Waals surface area contributed by atoms with E-state index in [0.29, 0.717) is 13.0 Å². The van der Waals surface area contributed by atoms with Gasteiger partial charge in [-0.15, -0.1) is 6.42 Å². The van der Waals surface area contributed by atoms with Crippen molar-refractivity contribution in [3.8, 4) is 12.3 Å². The number of aliphatic hydroxyl groups is 1. The number of rotatable bonds is 5. The predicted molar refractivity (Wildman–Crippen MR) is 44.3 cm³/mol. The molecule has 0 saturated carbocycles. The van der Waals surface area contributed by atoms with Gasteiger partial charge in [0.1, 0.15) is 0 Å². The topological polar surface area (TPSA) is 58.6 Å². The summed E-state index contributed by atoms with van der Waals surface area (Å²) in [5.41, 5.74) is 0. The zero-order chi connectivity index (χ0) is 9.40. The second-order valence-corrected chi connectivity index (χ2v) is 2.28. The first-order valence-electron chi connectivity index (χ1n) is 3.61. The van der Waals surface area contributed by atoms with E-state index < -0.39 is 5.91 Å². The van der Waals surface area contributed by atoms with Crippen LogP contribution in [-0.2, 0) is 9.53 Å². The van der Waals surface area contributed by atoms with E-state index in [1.807, 2.05) is 5.92 Å². The Labute approximate surface area is 71.9 Å². The maximum Gasteiger partial charge on any atom is 0.295 e. The molecule has 1 unspecified atom stereocenters. The fourth-order valence-corrected chi connectivity index (χ4v) is 0.781. The lowest BCUT2D eigenvalue weighted by Crippen LogP contribution is -2.37. The molecule has 4 nitrogen and oxygen atoms in total. The lowest BCUT2D eigenvalue weighted by molar-refractivity contribution is -0.116. The average Bonchev–Trinajstić information content (AvgIpc) is 2.05. The fraction of sp³-hybridized carbons (Fsp3) is 0.625. The Morgan fingerprint density at radius 2 is 2.50 bits per heavy atom. The van der Waals surface area contributed by atoms with Crippen molar-refractivity contribution in [2.45, 2.75) is 12.5 Å². The summed E-state index contributed by atoms with van der Waals surface area (Å²) in [6.07, 6.45) is 5.29. The van der Waals surface area contributed by atoms with Gasteiger partial charge in [-0.25, -0.2) is 0 Å². The largest absolute Gasteiger partial charge is 0.396 e. The normalized spacial score (nSPS) is 11.8. The summed E-state index contributed by atoms with van der Waals surface area (Å²) in [4.78, 5) is 10.7. The summed E-state index contributed by atoms with van der Waals surface area (Å²) in [6.45, 7) is 0.354. The van der Waals surface area contributed by atoms with Crippen molar-refractivity contribution in [2.75, 3.05) is 20.3 Å². The molecule has 0 rings (SSSR count). The molecule has 0 bridgehead atoms. The minimum Gasteiger partial charge on any atom is -0.396 e. The summed E-state index contributed by atoms with van der Waals surface area (Å²) >= 11 is 0. The molecule has 0 saturated heterocycles. The SMILES string of the molecule is C#CC(=O)NC(CCO)COC. The molecule has 2 N–H and O–H groups in total. The maximum atomic E-state index is 10.7. The number of terminal acetylenes is 1. The van der Waals surface area contributed by atoms with E-state index in [0.717, 1.165) is 0 Å². The van der Waals surface area contributed by atoms with E-state index in [4.69, 9.17) is 16.3 Å². The Morgan fingerprint density at radius 1 is 1.83 bits per heavy atom. The van der Waals surface area contributed by atoms with Gasteiger partial charge >= 0.3 is 0 Å². The molecule has 0 aliphatic carbocycles. The van der Waals surface area contributed by atoms with E-state index in [-0.39, 0.29) is 12.6 Å². The van der Waals surface area contributed by atoms with Crippen LogP contribution in [0.5, 0.6) is 0 Å². The van der Waals surface area contributed by atoms with Crippen LogP contribution >= 0.6 is 0 Å². The molecule has 0 aromatic rings. The van der Waals surface area contributed by atoms with E-state index in [2.05, 4.69) is 5.32 Å². The van der Waals surface area contributed by atoms with Crippen molar-refractivity contribution >= 4 is 5.91 Å².